The van der Waals surface area contributed by atoms with Gasteiger partial charge in [-0.15, -0.1) is 0 Å². The minimum absolute atomic E-state index is 0.152. The first kappa shape index (κ1) is 25.7. The second kappa shape index (κ2) is 10.3. The van der Waals surface area contributed by atoms with Gasteiger partial charge in [0.1, 0.15) is 11.4 Å². The first-order valence-electron chi connectivity index (χ1n) is 14.9. The number of carbonyl (C=O) groups is 2. The predicted octanol–water partition coefficient (Wildman–Crippen LogP) is 6.05. The molecule has 3 aromatic rings. The molecule has 2 aliphatic carbocycles. The Morgan fingerprint density at radius 2 is 1.37 bits per heavy atom. The lowest BCUT2D eigenvalue weighted by atomic mass is 9.97. The molecule has 0 N–H and O–H groups in total. The Kier molecular flexibility index (Phi) is 6.46. The number of hydrogen-bond donors (Lipinski definition) is 0. The summed E-state index contributed by atoms with van der Waals surface area (Å²) in [5, 5.41) is 9.05. The van der Waals surface area contributed by atoms with Crippen LogP contribution in [0.15, 0.2) is 77.8 Å². The van der Waals surface area contributed by atoms with Gasteiger partial charge in [0.2, 0.25) is 5.91 Å². The molecule has 41 heavy (non-hydrogen) atoms. The van der Waals surface area contributed by atoms with E-state index in [0.717, 1.165) is 91.7 Å². The molecule has 2 heterocycles. The van der Waals surface area contributed by atoms with E-state index in [2.05, 4.69) is 54.6 Å². The molecule has 1 atom stereocenters. The first-order chi connectivity index (χ1) is 20.0. The van der Waals surface area contributed by atoms with Crippen LogP contribution in [0.1, 0.15) is 56.1 Å². The molecule has 2 saturated carbocycles. The summed E-state index contributed by atoms with van der Waals surface area (Å²) >= 11 is 0. The predicted molar refractivity (Wildman–Crippen MR) is 159 cm³/mol. The SMILES string of the molecule is N#Cc1ccc(-c2ccc(-c3ccc(C4=NC5(CCCC5)C(=O)N4C[C@@H]4CCN(C(=O)C5CC5)C4)cc3)cc2)cc1. The topological polar surface area (TPSA) is 76.8 Å². The van der Waals surface area contributed by atoms with Gasteiger partial charge in [0.15, 0.2) is 0 Å². The van der Waals surface area contributed by atoms with E-state index in [0.29, 0.717) is 18.0 Å². The number of carbonyl (C=O) groups excluding carboxylic acids is 2. The maximum absolute atomic E-state index is 13.8. The number of nitrogens with zero attached hydrogens (tertiary/aromatic N) is 4. The molecule has 7 rings (SSSR count). The van der Waals surface area contributed by atoms with Crippen molar-refractivity contribution in [3.05, 3.63) is 83.9 Å². The van der Waals surface area contributed by atoms with Crippen molar-refractivity contribution >= 4 is 17.6 Å². The van der Waals surface area contributed by atoms with Crippen molar-refractivity contribution in [1.29, 1.82) is 5.26 Å². The van der Waals surface area contributed by atoms with Gasteiger partial charge in [-0.3, -0.25) is 19.5 Å². The number of hydrogen-bond acceptors (Lipinski definition) is 4. The van der Waals surface area contributed by atoms with Gasteiger partial charge in [-0.25, -0.2) is 0 Å². The van der Waals surface area contributed by atoms with Crippen molar-refractivity contribution in [3.63, 3.8) is 0 Å². The molecule has 2 amide bonds. The highest BCUT2D eigenvalue weighted by Gasteiger charge is 2.50. The van der Waals surface area contributed by atoms with E-state index in [1.165, 1.54) is 0 Å². The van der Waals surface area contributed by atoms with Crippen LogP contribution in [0.3, 0.4) is 0 Å². The summed E-state index contributed by atoms with van der Waals surface area (Å²) in [7, 11) is 0. The third-order valence-electron chi connectivity index (χ3n) is 9.32. The average Bonchev–Trinajstić information content (AvgIpc) is 3.47. The van der Waals surface area contributed by atoms with E-state index in [4.69, 9.17) is 10.3 Å². The van der Waals surface area contributed by atoms with Gasteiger partial charge in [0.25, 0.3) is 5.91 Å². The molecule has 206 valence electrons. The van der Waals surface area contributed by atoms with Gasteiger partial charge in [-0.1, -0.05) is 73.5 Å². The van der Waals surface area contributed by atoms with Crippen molar-refractivity contribution in [2.45, 2.75) is 50.5 Å². The maximum atomic E-state index is 13.8. The van der Waals surface area contributed by atoms with Crippen LogP contribution in [0, 0.1) is 23.2 Å². The van der Waals surface area contributed by atoms with Crippen LogP contribution in [0.4, 0.5) is 0 Å². The van der Waals surface area contributed by atoms with Crippen LogP contribution in [0.2, 0.25) is 0 Å². The molecule has 0 radical (unpaired) electrons. The lowest BCUT2D eigenvalue weighted by molar-refractivity contribution is -0.131. The van der Waals surface area contributed by atoms with Gasteiger partial charge in [0.05, 0.1) is 11.6 Å². The van der Waals surface area contributed by atoms with E-state index in [1.54, 1.807) is 0 Å². The zero-order valence-corrected chi connectivity index (χ0v) is 23.3. The molecule has 0 unspecified atom stereocenters. The normalized spacial score (nSPS) is 21.4. The fourth-order valence-corrected chi connectivity index (χ4v) is 6.77. The van der Waals surface area contributed by atoms with Gasteiger partial charge in [0, 0.05) is 31.1 Å². The van der Waals surface area contributed by atoms with Crippen molar-refractivity contribution in [1.82, 2.24) is 9.80 Å². The number of likely N-dealkylation sites (tertiary alicyclic amines) is 1. The second-order valence-electron chi connectivity index (χ2n) is 12.1. The van der Waals surface area contributed by atoms with Crippen LogP contribution >= 0.6 is 0 Å². The summed E-state index contributed by atoms with van der Waals surface area (Å²) in [6.45, 7) is 2.18. The highest BCUT2D eigenvalue weighted by atomic mass is 16.2. The molecule has 1 spiro atoms. The molecule has 6 nitrogen and oxygen atoms in total. The smallest absolute Gasteiger partial charge is 0.256 e. The molecule has 3 fully saturated rings. The minimum atomic E-state index is -0.600. The van der Waals surface area contributed by atoms with E-state index < -0.39 is 5.54 Å². The Hall–Kier alpha value is -4.24. The van der Waals surface area contributed by atoms with E-state index in [1.807, 2.05) is 34.1 Å². The molecule has 4 aliphatic rings. The minimum Gasteiger partial charge on any atom is -0.342 e. The molecule has 0 aromatic heterocycles. The third-order valence-corrected chi connectivity index (χ3v) is 9.32. The molecule has 0 bridgehead atoms. The number of aliphatic imine (C=N–C) groups is 1. The molecule has 3 aromatic carbocycles. The average molecular weight is 543 g/mol. The van der Waals surface area contributed by atoms with E-state index in [-0.39, 0.29) is 17.7 Å². The lowest BCUT2D eigenvalue weighted by Gasteiger charge is -2.25. The van der Waals surface area contributed by atoms with Crippen molar-refractivity contribution in [3.8, 4) is 28.3 Å². The quantitative estimate of drug-likeness (QED) is 0.380. The van der Waals surface area contributed by atoms with Crippen molar-refractivity contribution in [2.75, 3.05) is 19.6 Å². The number of nitriles is 1. The zero-order chi connectivity index (χ0) is 28.0. The maximum Gasteiger partial charge on any atom is 0.256 e. The summed E-state index contributed by atoms with van der Waals surface area (Å²) in [4.78, 5) is 35.5. The van der Waals surface area contributed by atoms with Gasteiger partial charge >= 0.3 is 0 Å². The summed E-state index contributed by atoms with van der Waals surface area (Å²) in [6.07, 6.45) is 6.74. The van der Waals surface area contributed by atoms with Crippen LogP contribution < -0.4 is 0 Å². The first-order valence-corrected chi connectivity index (χ1v) is 14.9. The monoisotopic (exact) mass is 542 g/mol. The molecular weight excluding hydrogens is 508 g/mol. The standard InChI is InChI=1S/C35H34N4O2/c36-21-24-3-5-26(6-4-24)27-7-9-28(10-8-27)29-11-13-30(14-12-29)32-37-35(18-1-2-19-35)34(41)39(32)23-25-17-20-38(22-25)33(40)31-15-16-31/h3-14,25,31H,1-2,15-20,22-23H2/t25-/m1/s1. The lowest BCUT2D eigenvalue weighted by Crippen LogP contribution is -2.44. The van der Waals surface area contributed by atoms with Crippen LogP contribution in [0.25, 0.3) is 22.3 Å². The van der Waals surface area contributed by atoms with Crippen molar-refractivity contribution in [2.24, 2.45) is 16.8 Å². The second-order valence-corrected chi connectivity index (χ2v) is 12.1. The number of amides is 2. The molecule has 2 aliphatic heterocycles. The summed E-state index contributed by atoms with van der Waals surface area (Å²) in [5.41, 5.74) is 5.45. The Labute approximate surface area is 241 Å². The summed E-state index contributed by atoms with van der Waals surface area (Å²) in [5.74, 6) is 1.79. The fourth-order valence-electron chi connectivity index (χ4n) is 6.77. The summed E-state index contributed by atoms with van der Waals surface area (Å²) in [6, 6.07) is 26.7. The van der Waals surface area contributed by atoms with E-state index in [9.17, 15) is 9.59 Å². The van der Waals surface area contributed by atoms with Gasteiger partial charge in [-0.2, -0.15) is 5.26 Å². The molecule has 6 heteroatoms. The molecular formula is C35H34N4O2. The van der Waals surface area contributed by atoms with Crippen LogP contribution in [-0.2, 0) is 9.59 Å². The third kappa shape index (κ3) is 4.84. The number of rotatable bonds is 6. The highest BCUT2D eigenvalue weighted by molar-refractivity contribution is 6.15. The van der Waals surface area contributed by atoms with Crippen LogP contribution in [-0.4, -0.2) is 52.6 Å². The van der Waals surface area contributed by atoms with Crippen molar-refractivity contribution < 1.29 is 9.59 Å². The Morgan fingerprint density at radius 1 is 0.829 bits per heavy atom. The van der Waals surface area contributed by atoms with E-state index >= 15 is 0 Å². The zero-order valence-electron chi connectivity index (χ0n) is 23.3. The molecule has 1 saturated heterocycles. The van der Waals surface area contributed by atoms with Gasteiger partial charge in [-0.05, 0) is 72.4 Å². The largest absolute Gasteiger partial charge is 0.342 e. The number of amidine groups is 1. The summed E-state index contributed by atoms with van der Waals surface area (Å²) < 4.78 is 0. The Bertz CT molecular complexity index is 1540. The van der Waals surface area contributed by atoms with Gasteiger partial charge < -0.3 is 4.90 Å². The van der Waals surface area contributed by atoms with Crippen LogP contribution in [0.5, 0.6) is 0 Å². The Balaban J connectivity index is 1.10. The highest BCUT2D eigenvalue weighted by Crippen LogP contribution is 2.41. The number of benzene rings is 3. The Morgan fingerprint density at radius 3 is 1.90 bits per heavy atom. The fraction of sp³-hybridized carbons (Fsp3) is 0.371.